The standard InChI is InChI=1S/C22H30N4O4/c1-3-4-13-29-19-7-5-18(6-8-19)22(28)23-15-21(27)26-11-9-25(10-12-26)16-20-14-17(2)24-30-20/h5-8,14H,3-4,9-13,15-16H2,1-2H3,(H,23,28). The maximum atomic E-state index is 12.4. The second-order valence-corrected chi connectivity index (χ2v) is 7.50. The van der Waals surface area contributed by atoms with Crippen molar-refractivity contribution in [1.29, 1.82) is 0 Å². The molecule has 0 saturated carbocycles. The predicted molar refractivity (Wildman–Crippen MR) is 112 cm³/mol. The van der Waals surface area contributed by atoms with E-state index >= 15 is 0 Å². The number of unbranched alkanes of at least 4 members (excludes halogenated alkanes) is 1. The van der Waals surface area contributed by atoms with Gasteiger partial charge in [-0.2, -0.15) is 0 Å². The fraction of sp³-hybridized carbons (Fsp3) is 0.500. The van der Waals surface area contributed by atoms with Gasteiger partial charge in [0.05, 0.1) is 25.4 Å². The number of nitrogens with zero attached hydrogens (tertiary/aromatic N) is 3. The van der Waals surface area contributed by atoms with E-state index in [-0.39, 0.29) is 18.4 Å². The van der Waals surface area contributed by atoms with Crippen LogP contribution in [0.15, 0.2) is 34.9 Å². The lowest BCUT2D eigenvalue weighted by molar-refractivity contribution is -0.131. The molecular weight excluding hydrogens is 384 g/mol. The average molecular weight is 415 g/mol. The number of benzene rings is 1. The van der Waals surface area contributed by atoms with Gasteiger partial charge in [0.25, 0.3) is 5.91 Å². The number of amides is 2. The van der Waals surface area contributed by atoms with Gasteiger partial charge in [-0.05, 0) is 37.6 Å². The van der Waals surface area contributed by atoms with Gasteiger partial charge in [-0.25, -0.2) is 0 Å². The van der Waals surface area contributed by atoms with Gasteiger partial charge in [0.2, 0.25) is 5.91 Å². The van der Waals surface area contributed by atoms with E-state index in [2.05, 4.69) is 22.3 Å². The zero-order valence-electron chi connectivity index (χ0n) is 17.7. The first-order valence-electron chi connectivity index (χ1n) is 10.5. The monoisotopic (exact) mass is 414 g/mol. The Bertz CT molecular complexity index is 826. The number of carbonyl (C=O) groups is 2. The lowest BCUT2D eigenvalue weighted by Crippen LogP contribution is -2.50. The van der Waals surface area contributed by atoms with Gasteiger partial charge in [-0.3, -0.25) is 14.5 Å². The van der Waals surface area contributed by atoms with Crippen LogP contribution in [0.25, 0.3) is 0 Å². The zero-order valence-corrected chi connectivity index (χ0v) is 17.7. The van der Waals surface area contributed by atoms with E-state index in [1.54, 1.807) is 29.2 Å². The van der Waals surface area contributed by atoms with Crippen molar-refractivity contribution >= 4 is 11.8 Å². The van der Waals surface area contributed by atoms with Crippen LogP contribution in [0, 0.1) is 6.92 Å². The summed E-state index contributed by atoms with van der Waals surface area (Å²) in [6.45, 7) is 8.15. The summed E-state index contributed by atoms with van der Waals surface area (Å²) in [5, 5.41) is 6.61. The maximum absolute atomic E-state index is 12.4. The number of hydrogen-bond donors (Lipinski definition) is 1. The molecule has 1 N–H and O–H groups in total. The summed E-state index contributed by atoms with van der Waals surface area (Å²) >= 11 is 0. The molecule has 3 rings (SSSR count). The molecule has 1 saturated heterocycles. The number of nitrogens with one attached hydrogen (secondary N) is 1. The third-order valence-electron chi connectivity index (χ3n) is 5.06. The summed E-state index contributed by atoms with van der Waals surface area (Å²) in [5.74, 6) is 1.25. The van der Waals surface area contributed by atoms with Crippen LogP contribution in [0.2, 0.25) is 0 Å². The zero-order chi connectivity index (χ0) is 21.3. The van der Waals surface area contributed by atoms with Crippen LogP contribution in [0.4, 0.5) is 0 Å². The Morgan fingerprint density at radius 1 is 1.17 bits per heavy atom. The van der Waals surface area contributed by atoms with Crippen molar-refractivity contribution in [1.82, 2.24) is 20.3 Å². The molecule has 0 radical (unpaired) electrons. The number of hydrogen-bond acceptors (Lipinski definition) is 6. The molecule has 1 aliphatic rings. The second kappa shape index (κ2) is 10.8. The fourth-order valence-electron chi connectivity index (χ4n) is 3.27. The largest absolute Gasteiger partial charge is 0.494 e. The summed E-state index contributed by atoms with van der Waals surface area (Å²) in [5.41, 5.74) is 1.38. The highest BCUT2D eigenvalue weighted by Crippen LogP contribution is 2.13. The molecule has 8 nitrogen and oxygen atoms in total. The van der Waals surface area contributed by atoms with Crippen LogP contribution < -0.4 is 10.1 Å². The van der Waals surface area contributed by atoms with Crippen LogP contribution >= 0.6 is 0 Å². The minimum atomic E-state index is -0.261. The molecule has 1 aliphatic heterocycles. The quantitative estimate of drug-likeness (QED) is 0.633. The van der Waals surface area contributed by atoms with Crippen LogP contribution in [0.3, 0.4) is 0 Å². The molecule has 2 heterocycles. The topological polar surface area (TPSA) is 87.9 Å². The molecule has 0 aliphatic carbocycles. The van der Waals surface area contributed by atoms with Crippen LogP contribution in [-0.2, 0) is 11.3 Å². The van der Waals surface area contributed by atoms with Crippen molar-refractivity contribution in [2.24, 2.45) is 0 Å². The van der Waals surface area contributed by atoms with Crippen molar-refractivity contribution in [3.8, 4) is 5.75 Å². The van der Waals surface area contributed by atoms with Crippen LogP contribution in [0.5, 0.6) is 5.75 Å². The van der Waals surface area contributed by atoms with Crippen molar-refractivity contribution < 1.29 is 18.8 Å². The summed E-state index contributed by atoms with van der Waals surface area (Å²) in [7, 11) is 0. The van der Waals surface area contributed by atoms with E-state index < -0.39 is 0 Å². The molecule has 1 aromatic heterocycles. The Hall–Kier alpha value is -2.87. The Morgan fingerprint density at radius 2 is 1.90 bits per heavy atom. The second-order valence-electron chi connectivity index (χ2n) is 7.50. The molecule has 162 valence electrons. The molecule has 0 spiro atoms. The normalized spacial score (nSPS) is 14.5. The molecule has 0 bridgehead atoms. The van der Waals surface area contributed by atoms with E-state index in [0.717, 1.165) is 43.1 Å². The number of aromatic nitrogens is 1. The number of aryl methyl sites for hydroxylation is 1. The molecule has 30 heavy (non-hydrogen) atoms. The molecule has 1 aromatic carbocycles. The molecule has 2 amide bonds. The first kappa shape index (κ1) is 21.8. The summed E-state index contributed by atoms with van der Waals surface area (Å²) < 4.78 is 10.9. The Kier molecular flexibility index (Phi) is 7.84. The van der Waals surface area contributed by atoms with Gasteiger partial charge >= 0.3 is 0 Å². The van der Waals surface area contributed by atoms with Gasteiger partial charge in [0.1, 0.15) is 5.75 Å². The Labute approximate surface area is 177 Å². The molecule has 2 aromatic rings. The lowest BCUT2D eigenvalue weighted by Gasteiger charge is -2.34. The van der Waals surface area contributed by atoms with E-state index in [9.17, 15) is 9.59 Å². The van der Waals surface area contributed by atoms with Crippen LogP contribution in [0.1, 0.15) is 41.6 Å². The van der Waals surface area contributed by atoms with E-state index in [1.807, 2.05) is 13.0 Å². The third-order valence-corrected chi connectivity index (χ3v) is 5.06. The first-order valence-corrected chi connectivity index (χ1v) is 10.5. The molecule has 1 fully saturated rings. The summed E-state index contributed by atoms with van der Waals surface area (Å²) in [6, 6.07) is 8.91. The van der Waals surface area contributed by atoms with Crippen molar-refractivity contribution in [3.63, 3.8) is 0 Å². The molecule has 0 atom stereocenters. The van der Waals surface area contributed by atoms with Gasteiger partial charge in [0, 0.05) is 37.8 Å². The van der Waals surface area contributed by atoms with Gasteiger partial charge in [-0.1, -0.05) is 18.5 Å². The minimum absolute atomic E-state index is 0.00508. The summed E-state index contributed by atoms with van der Waals surface area (Å²) in [6.07, 6.45) is 2.07. The van der Waals surface area contributed by atoms with E-state index in [1.165, 1.54) is 0 Å². The predicted octanol–water partition coefficient (Wildman–Crippen LogP) is 2.24. The third kappa shape index (κ3) is 6.32. The molecule has 0 unspecified atom stereocenters. The van der Waals surface area contributed by atoms with Gasteiger partial charge < -0.3 is 19.5 Å². The molecular formula is C22H30N4O4. The average Bonchev–Trinajstić information content (AvgIpc) is 3.17. The highest BCUT2D eigenvalue weighted by molar-refractivity contribution is 5.96. The van der Waals surface area contributed by atoms with Crippen molar-refractivity contribution in [2.75, 3.05) is 39.3 Å². The first-order chi connectivity index (χ1) is 14.5. The lowest BCUT2D eigenvalue weighted by atomic mass is 10.2. The number of piperazine rings is 1. The summed E-state index contributed by atoms with van der Waals surface area (Å²) in [4.78, 5) is 28.8. The number of ether oxygens (including phenoxy) is 1. The number of carbonyl (C=O) groups excluding carboxylic acids is 2. The van der Waals surface area contributed by atoms with E-state index in [0.29, 0.717) is 31.8 Å². The van der Waals surface area contributed by atoms with Crippen molar-refractivity contribution in [2.45, 2.75) is 33.2 Å². The Balaban J connectivity index is 1.38. The number of rotatable bonds is 9. The smallest absolute Gasteiger partial charge is 0.251 e. The van der Waals surface area contributed by atoms with Gasteiger partial charge in [0.15, 0.2) is 5.76 Å². The maximum Gasteiger partial charge on any atom is 0.251 e. The fourth-order valence-corrected chi connectivity index (χ4v) is 3.27. The highest BCUT2D eigenvalue weighted by Gasteiger charge is 2.22. The van der Waals surface area contributed by atoms with Gasteiger partial charge in [-0.15, -0.1) is 0 Å². The van der Waals surface area contributed by atoms with Crippen LogP contribution in [-0.4, -0.2) is 66.1 Å². The van der Waals surface area contributed by atoms with Crippen molar-refractivity contribution in [3.05, 3.63) is 47.3 Å². The SMILES string of the molecule is CCCCOc1ccc(C(=O)NCC(=O)N2CCN(Cc3cc(C)no3)CC2)cc1. The highest BCUT2D eigenvalue weighted by atomic mass is 16.5. The Morgan fingerprint density at radius 3 is 2.53 bits per heavy atom. The van der Waals surface area contributed by atoms with E-state index in [4.69, 9.17) is 9.26 Å². The minimum Gasteiger partial charge on any atom is -0.494 e. The molecule has 8 heteroatoms.